The van der Waals surface area contributed by atoms with E-state index in [9.17, 15) is 0 Å². The van der Waals surface area contributed by atoms with Crippen LogP contribution in [0.15, 0.2) is 18.3 Å². The predicted molar refractivity (Wildman–Crippen MR) is 81.8 cm³/mol. The maximum atomic E-state index is 6.17. The molecule has 1 saturated carbocycles. The third-order valence-electron chi connectivity index (χ3n) is 5.21. The number of ether oxygens (including phenoxy) is 1. The molecular weight excluding hydrogens is 248 g/mol. The zero-order valence-corrected chi connectivity index (χ0v) is 12.9. The van der Waals surface area contributed by atoms with E-state index in [-0.39, 0.29) is 0 Å². The fourth-order valence-electron chi connectivity index (χ4n) is 3.78. The van der Waals surface area contributed by atoms with Gasteiger partial charge in [0.2, 0.25) is 0 Å². The van der Waals surface area contributed by atoms with Gasteiger partial charge < -0.3 is 9.30 Å². The molecule has 20 heavy (non-hydrogen) atoms. The molecule has 3 unspecified atom stereocenters. The van der Waals surface area contributed by atoms with Crippen molar-refractivity contribution in [3.05, 3.63) is 24.0 Å². The SMILES string of the molecule is CC1CCCCC1OCCN1CCn2cccc2C1C. The highest BCUT2D eigenvalue weighted by molar-refractivity contribution is 5.13. The molecule has 112 valence electrons. The summed E-state index contributed by atoms with van der Waals surface area (Å²) >= 11 is 0. The molecule has 3 atom stereocenters. The van der Waals surface area contributed by atoms with Gasteiger partial charge in [-0.25, -0.2) is 0 Å². The van der Waals surface area contributed by atoms with Crippen molar-refractivity contribution in [1.82, 2.24) is 9.47 Å². The zero-order chi connectivity index (χ0) is 13.9. The number of nitrogens with zero attached hydrogens (tertiary/aromatic N) is 2. The van der Waals surface area contributed by atoms with Crippen LogP contribution in [0, 0.1) is 5.92 Å². The molecule has 0 spiro atoms. The number of hydrogen-bond acceptors (Lipinski definition) is 2. The monoisotopic (exact) mass is 276 g/mol. The molecule has 1 aromatic rings. The normalized spacial score (nSPS) is 31.2. The Morgan fingerprint density at radius 3 is 2.90 bits per heavy atom. The third kappa shape index (κ3) is 2.94. The van der Waals surface area contributed by atoms with Gasteiger partial charge in [0, 0.05) is 37.6 Å². The molecule has 0 N–H and O–H groups in total. The second-order valence-electron chi connectivity index (χ2n) is 6.51. The first-order valence-corrected chi connectivity index (χ1v) is 8.26. The Kier molecular flexibility index (Phi) is 4.47. The fraction of sp³-hybridized carbons (Fsp3) is 0.765. The first-order chi connectivity index (χ1) is 9.75. The molecule has 1 aromatic heterocycles. The van der Waals surface area contributed by atoms with Crippen LogP contribution in [-0.4, -0.2) is 35.3 Å². The molecule has 0 aromatic carbocycles. The van der Waals surface area contributed by atoms with Crippen molar-refractivity contribution in [2.45, 2.75) is 58.2 Å². The first-order valence-electron chi connectivity index (χ1n) is 8.26. The van der Waals surface area contributed by atoms with Gasteiger partial charge in [0.15, 0.2) is 0 Å². The van der Waals surface area contributed by atoms with Crippen LogP contribution in [0.4, 0.5) is 0 Å². The minimum Gasteiger partial charge on any atom is -0.377 e. The predicted octanol–water partition coefficient (Wildman–Crippen LogP) is 3.46. The highest BCUT2D eigenvalue weighted by Crippen LogP contribution is 2.27. The van der Waals surface area contributed by atoms with Crippen molar-refractivity contribution in [1.29, 1.82) is 0 Å². The molecule has 1 aliphatic heterocycles. The minimum atomic E-state index is 0.507. The summed E-state index contributed by atoms with van der Waals surface area (Å²) in [7, 11) is 0. The lowest BCUT2D eigenvalue weighted by molar-refractivity contribution is -0.0195. The van der Waals surface area contributed by atoms with Gasteiger partial charge in [0.05, 0.1) is 12.7 Å². The Bertz CT molecular complexity index is 428. The van der Waals surface area contributed by atoms with Crippen LogP contribution >= 0.6 is 0 Å². The summed E-state index contributed by atoms with van der Waals surface area (Å²) in [4.78, 5) is 2.56. The fourth-order valence-corrected chi connectivity index (χ4v) is 3.78. The van der Waals surface area contributed by atoms with Gasteiger partial charge >= 0.3 is 0 Å². The van der Waals surface area contributed by atoms with Gasteiger partial charge in [-0.1, -0.05) is 19.8 Å². The zero-order valence-electron chi connectivity index (χ0n) is 12.9. The lowest BCUT2D eigenvalue weighted by atomic mass is 9.88. The number of rotatable bonds is 4. The summed E-state index contributed by atoms with van der Waals surface area (Å²) < 4.78 is 8.55. The Morgan fingerprint density at radius 2 is 2.05 bits per heavy atom. The van der Waals surface area contributed by atoms with Gasteiger partial charge in [0.25, 0.3) is 0 Å². The molecule has 3 heteroatoms. The Balaban J connectivity index is 1.47. The smallest absolute Gasteiger partial charge is 0.0601 e. The molecule has 0 bridgehead atoms. The third-order valence-corrected chi connectivity index (χ3v) is 5.21. The average Bonchev–Trinajstić information content (AvgIpc) is 2.93. The van der Waals surface area contributed by atoms with Crippen LogP contribution in [0.1, 0.15) is 51.3 Å². The lowest BCUT2D eigenvalue weighted by Gasteiger charge is -2.36. The summed E-state index contributed by atoms with van der Waals surface area (Å²) in [5, 5.41) is 0. The van der Waals surface area contributed by atoms with Crippen molar-refractivity contribution in [3.63, 3.8) is 0 Å². The lowest BCUT2D eigenvalue weighted by Crippen LogP contribution is -2.39. The van der Waals surface area contributed by atoms with Crippen molar-refractivity contribution in [2.75, 3.05) is 19.7 Å². The number of aromatic nitrogens is 1. The van der Waals surface area contributed by atoms with Crippen LogP contribution < -0.4 is 0 Å². The molecule has 3 nitrogen and oxygen atoms in total. The van der Waals surface area contributed by atoms with E-state index in [1.807, 2.05) is 0 Å². The van der Waals surface area contributed by atoms with Crippen molar-refractivity contribution >= 4 is 0 Å². The summed E-state index contributed by atoms with van der Waals surface area (Å²) in [5.74, 6) is 0.750. The largest absolute Gasteiger partial charge is 0.377 e. The van der Waals surface area contributed by atoms with Gasteiger partial charge in [-0.05, 0) is 37.8 Å². The molecule has 2 heterocycles. The van der Waals surface area contributed by atoms with Crippen molar-refractivity contribution in [2.24, 2.45) is 5.92 Å². The molecule has 1 fully saturated rings. The number of hydrogen-bond donors (Lipinski definition) is 0. The highest BCUT2D eigenvalue weighted by Gasteiger charge is 2.25. The topological polar surface area (TPSA) is 17.4 Å². The second kappa shape index (κ2) is 6.31. The minimum absolute atomic E-state index is 0.507. The van der Waals surface area contributed by atoms with E-state index in [0.29, 0.717) is 12.1 Å². The van der Waals surface area contributed by atoms with Crippen LogP contribution in [0.5, 0.6) is 0 Å². The van der Waals surface area contributed by atoms with Crippen LogP contribution in [-0.2, 0) is 11.3 Å². The summed E-state index contributed by atoms with van der Waals surface area (Å²) in [6.07, 6.45) is 8.05. The van der Waals surface area contributed by atoms with E-state index in [4.69, 9.17) is 4.74 Å². The average molecular weight is 276 g/mol. The van der Waals surface area contributed by atoms with Gasteiger partial charge in [0.1, 0.15) is 0 Å². The van der Waals surface area contributed by atoms with Gasteiger partial charge in [-0.2, -0.15) is 0 Å². The van der Waals surface area contributed by atoms with Gasteiger partial charge in [-0.3, -0.25) is 4.90 Å². The number of fused-ring (bicyclic) bond motifs is 1. The Morgan fingerprint density at radius 1 is 1.20 bits per heavy atom. The van der Waals surface area contributed by atoms with E-state index in [1.165, 1.54) is 31.4 Å². The Hall–Kier alpha value is -0.800. The van der Waals surface area contributed by atoms with Crippen molar-refractivity contribution in [3.8, 4) is 0 Å². The van der Waals surface area contributed by atoms with E-state index >= 15 is 0 Å². The standard InChI is InChI=1S/C17H28N2O/c1-14-6-3-4-8-17(14)20-13-12-18-10-11-19-9-5-7-16(19)15(18)2/h5,7,9,14-15,17H,3-4,6,8,10-13H2,1-2H3. The van der Waals surface area contributed by atoms with E-state index in [0.717, 1.165) is 32.2 Å². The quantitative estimate of drug-likeness (QED) is 0.838. The maximum Gasteiger partial charge on any atom is 0.0601 e. The van der Waals surface area contributed by atoms with Crippen LogP contribution in [0.3, 0.4) is 0 Å². The molecule has 0 amide bonds. The van der Waals surface area contributed by atoms with Crippen molar-refractivity contribution < 1.29 is 4.74 Å². The summed E-state index contributed by atoms with van der Waals surface area (Å²) in [5.41, 5.74) is 1.45. The van der Waals surface area contributed by atoms with Crippen LogP contribution in [0.25, 0.3) is 0 Å². The van der Waals surface area contributed by atoms with E-state index in [1.54, 1.807) is 0 Å². The molecule has 0 saturated heterocycles. The van der Waals surface area contributed by atoms with E-state index in [2.05, 4.69) is 41.6 Å². The van der Waals surface area contributed by atoms with Gasteiger partial charge in [-0.15, -0.1) is 0 Å². The molecule has 0 radical (unpaired) electrons. The maximum absolute atomic E-state index is 6.17. The summed E-state index contributed by atoms with van der Waals surface area (Å²) in [6, 6.07) is 4.93. The van der Waals surface area contributed by atoms with E-state index < -0.39 is 0 Å². The highest BCUT2D eigenvalue weighted by atomic mass is 16.5. The Labute approximate surface area is 122 Å². The molecule has 2 aliphatic rings. The molecular formula is C17H28N2O. The molecule has 3 rings (SSSR count). The second-order valence-corrected chi connectivity index (χ2v) is 6.51. The van der Waals surface area contributed by atoms with Crippen LogP contribution in [0.2, 0.25) is 0 Å². The summed E-state index contributed by atoms with van der Waals surface area (Å²) in [6.45, 7) is 8.88. The first kappa shape index (κ1) is 14.2. The molecule has 1 aliphatic carbocycles.